The third kappa shape index (κ3) is 2.96. The molecule has 18 heavy (non-hydrogen) atoms. The Morgan fingerprint density at radius 2 is 2.22 bits per heavy atom. The molecule has 100 valence electrons. The molecular formula is C10H18N6O2. The minimum absolute atomic E-state index is 0.0531. The van der Waals surface area contributed by atoms with Gasteiger partial charge in [-0.05, 0) is 19.8 Å². The molecule has 1 aliphatic carbocycles. The second-order valence-corrected chi connectivity index (χ2v) is 3.97. The number of nitrogen functional groups attached to an aromatic ring is 1. The Bertz CT molecular complexity index is 398. The van der Waals surface area contributed by atoms with Crippen LogP contribution in [0.2, 0.25) is 0 Å². The van der Waals surface area contributed by atoms with Crippen molar-refractivity contribution < 1.29 is 9.84 Å². The molecule has 0 aliphatic heterocycles. The monoisotopic (exact) mass is 254 g/mol. The topological polar surface area (TPSA) is 109 Å². The summed E-state index contributed by atoms with van der Waals surface area (Å²) in [6, 6.07) is 0.624. The lowest BCUT2D eigenvalue weighted by atomic mass is 10.5. The smallest absolute Gasteiger partial charge is 0.323 e. The zero-order valence-electron chi connectivity index (χ0n) is 10.3. The molecule has 8 heteroatoms. The number of hydrogen-bond acceptors (Lipinski definition) is 8. The predicted molar refractivity (Wildman–Crippen MR) is 66.3 cm³/mol. The van der Waals surface area contributed by atoms with Crippen LogP contribution in [0.1, 0.15) is 19.8 Å². The van der Waals surface area contributed by atoms with Gasteiger partial charge in [-0.15, -0.1) is 0 Å². The molecule has 0 amide bonds. The van der Waals surface area contributed by atoms with Crippen LogP contribution in [0, 0.1) is 0 Å². The zero-order chi connectivity index (χ0) is 13.0. The van der Waals surface area contributed by atoms with Crippen molar-refractivity contribution in [2.45, 2.75) is 25.8 Å². The Morgan fingerprint density at radius 3 is 2.78 bits per heavy atom. The minimum Gasteiger partial charge on any atom is -0.464 e. The Hall–Kier alpha value is -1.67. The number of hydrogen-bond donors (Lipinski definition) is 3. The summed E-state index contributed by atoms with van der Waals surface area (Å²) in [6.45, 7) is 2.87. The maximum atomic E-state index is 9.09. The van der Waals surface area contributed by atoms with Gasteiger partial charge in [-0.1, -0.05) is 0 Å². The average molecular weight is 254 g/mol. The molecule has 1 fully saturated rings. The van der Waals surface area contributed by atoms with Gasteiger partial charge in [0.1, 0.15) is 0 Å². The van der Waals surface area contributed by atoms with Crippen LogP contribution in [0.4, 0.5) is 11.9 Å². The normalized spacial score (nSPS) is 14.4. The number of ether oxygens (including phenoxy) is 1. The number of nitrogens with two attached hydrogens (primary N) is 1. The summed E-state index contributed by atoms with van der Waals surface area (Å²) in [6.07, 6.45) is 2.17. The third-order valence-electron chi connectivity index (χ3n) is 2.59. The van der Waals surface area contributed by atoms with E-state index in [9.17, 15) is 0 Å². The molecule has 2 rings (SSSR count). The number of anilines is 2. The van der Waals surface area contributed by atoms with E-state index in [-0.39, 0.29) is 18.6 Å². The van der Waals surface area contributed by atoms with Gasteiger partial charge >= 0.3 is 6.01 Å². The molecule has 0 spiro atoms. The van der Waals surface area contributed by atoms with Gasteiger partial charge in [-0.2, -0.15) is 15.0 Å². The minimum atomic E-state index is 0.0531. The lowest BCUT2D eigenvalue weighted by molar-refractivity contribution is 0.298. The molecule has 1 heterocycles. The fourth-order valence-corrected chi connectivity index (χ4v) is 1.67. The molecule has 0 unspecified atom stereocenters. The summed E-state index contributed by atoms with van der Waals surface area (Å²) in [7, 11) is 0. The predicted octanol–water partition coefficient (Wildman–Crippen LogP) is -0.483. The van der Waals surface area contributed by atoms with E-state index in [0.29, 0.717) is 25.1 Å². The van der Waals surface area contributed by atoms with Crippen LogP contribution in [0.3, 0.4) is 0 Å². The molecule has 0 radical (unpaired) electrons. The van der Waals surface area contributed by atoms with Gasteiger partial charge in [0, 0.05) is 12.6 Å². The van der Waals surface area contributed by atoms with E-state index in [4.69, 9.17) is 15.7 Å². The number of aromatic nitrogens is 3. The van der Waals surface area contributed by atoms with E-state index in [1.807, 2.05) is 11.8 Å². The van der Waals surface area contributed by atoms with Gasteiger partial charge in [0.05, 0.1) is 13.2 Å². The van der Waals surface area contributed by atoms with Crippen molar-refractivity contribution in [3.8, 4) is 6.01 Å². The highest BCUT2D eigenvalue weighted by Crippen LogP contribution is 2.30. The van der Waals surface area contributed by atoms with Crippen molar-refractivity contribution in [1.82, 2.24) is 15.0 Å². The SMILES string of the molecule is CCOc1nc(NN)nc(N(CCO)C2CC2)n1. The first-order chi connectivity index (χ1) is 8.78. The fraction of sp³-hybridized carbons (Fsp3) is 0.700. The molecule has 0 atom stereocenters. The first-order valence-corrected chi connectivity index (χ1v) is 6.01. The standard InChI is InChI=1S/C10H18N6O2/c1-2-18-10-13-8(15-11)12-9(14-10)16(5-6-17)7-3-4-7/h7,17H,2-6,11H2,1H3,(H,12,13,14,15). The largest absolute Gasteiger partial charge is 0.464 e. The van der Waals surface area contributed by atoms with Crippen LogP contribution >= 0.6 is 0 Å². The molecule has 0 aromatic carbocycles. The molecule has 0 saturated heterocycles. The first kappa shape index (κ1) is 12.8. The Morgan fingerprint density at radius 1 is 1.44 bits per heavy atom. The van der Waals surface area contributed by atoms with E-state index in [2.05, 4.69) is 20.4 Å². The van der Waals surface area contributed by atoms with Gasteiger partial charge in [0.15, 0.2) is 0 Å². The van der Waals surface area contributed by atoms with Crippen LogP contribution in [-0.2, 0) is 0 Å². The second kappa shape index (κ2) is 5.78. The molecule has 1 aromatic rings. The van der Waals surface area contributed by atoms with Crippen molar-refractivity contribution in [3.05, 3.63) is 0 Å². The van der Waals surface area contributed by atoms with Crippen LogP contribution in [0.15, 0.2) is 0 Å². The first-order valence-electron chi connectivity index (χ1n) is 6.01. The summed E-state index contributed by atoms with van der Waals surface area (Å²) >= 11 is 0. The van der Waals surface area contributed by atoms with Crippen LogP contribution in [-0.4, -0.2) is 45.9 Å². The Labute approximate surface area is 105 Å². The summed E-state index contributed by atoms with van der Waals surface area (Å²) in [4.78, 5) is 14.4. The van der Waals surface area contributed by atoms with E-state index in [0.717, 1.165) is 12.8 Å². The summed E-state index contributed by atoms with van der Waals surface area (Å²) in [5, 5.41) is 9.09. The maximum Gasteiger partial charge on any atom is 0.323 e. The second-order valence-electron chi connectivity index (χ2n) is 3.97. The van der Waals surface area contributed by atoms with Crippen LogP contribution in [0.25, 0.3) is 0 Å². The van der Waals surface area contributed by atoms with E-state index >= 15 is 0 Å². The Kier molecular flexibility index (Phi) is 4.11. The number of aliphatic hydroxyl groups excluding tert-OH is 1. The molecule has 1 aromatic heterocycles. The lowest BCUT2D eigenvalue weighted by Crippen LogP contribution is -2.31. The average Bonchev–Trinajstić information content (AvgIpc) is 3.20. The van der Waals surface area contributed by atoms with E-state index < -0.39 is 0 Å². The van der Waals surface area contributed by atoms with Gasteiger partial charge < -0.3 is 14.7 Å². The number of rotatable bonds is 7. The van der Waals surface area contributed by atoms with Crippen LogP contribution in [0.5, 0.6) is 6.01 Å². The highest BCUT2D eigenvalue weighted by Gasteiger charge is 2.31. The number of nitrogens with zero attached hydrogens (tertiary/aromatic N) is 4. The molecule has 0 bridgehead atoms. The van der Waals surface area contributed by atoms with E-state index in [1.54, 1.807) is 0 Å². The molecular weight excluding hydrogens is 236 g/mol. The molecule has 4 N–H and O–H groups in total. The third-order valence-corrected chi connectivity index (χ3v) is 2.59. The van der Waals surface area contributed by atoms with Gasteiger partial charge in [-0.3, -0.25) is 5.43 Å². The van der Waals surface area contributed by atoms with Crippen molar-refractivity contribution in [1.29, 1.82) is 0 Å². The fourth-order valence-electron chi connectivity index (χ4n) is 1.67. The van der Waals surface area contributed by atoms with Crippen molar-refractivity contribution >= 4 is 11.9 Å². The zero-order valence-corrected chi connectivity index (χ0v) is 10.3. The summed E-state index contributed by atoms with van der Waals surface area (Å²) in [5.74, 6) is 6.06. The van der Waals surface area contributed by atoms with Crippen molar-refractivity contribution in [2.24, 2.45) is 5.84 Å². The molecule has 1 aliphatic rings. The summed E-state index contributed by atoms with van der Waals surface area (Å²) in [5.41, 5.74) is 2.39. The summed E-state index contributed by atoms with van der Waals surface area (Å²) < 4.78 is 5.27. The van der Waals surface area contributed by atoms with Gasteiger partial charge in [0.25, 0.3) is 0 Å². The number of aliphatic hydroxyl groups is 1. The molecule has 8 nitrogen and oxygen atoms in total. The number of nitrogens with one attached hydrogen (secondary N) is 1. The van der Waals surface area contributed by atoms with E-state index in [1.165, 1.54) is 0 Å². The van der Waals surface area contributed by atoms with Crippen molar-refractivity contribution in [3.63, 3.8) is 0 Å². The lowest BCUT2D eigenvalue weighted by Gasteiger charge is -2.21. The van der Waals surface area contributed by atoms with Gasteiger partial charge in [-0.25, -0.2) is 5.84 Å². The highest BCUT2D eigenvalue weighted by atomic mass is 16.5. The maximum absolute atomic E-state index is 9.09. The molecule has 1 saturated carbocycles. The highest BCUT2D eigenvalue weighted by molar-refractivity contribution is 5.40. The van der Waals surface area contributed by atoms with Crippen LogP contribution < -0.4 is 20.9 Å². The quantitative estimate of drug-likeness (QED) is 0.442. The Balaban J connectivity index is 2.25. The van der Waals surface area contributed by atoms with Crippen molar-refractivity contribution in [2.75, 3.05) is 30.1 Å². The number of hydrazine groups is 1. The van der Waals surface area contributed by atoms with Gasteiger partial charge in [0.2, 0.25) is 11.9 Å².